The number of hydrogen-bond donors (Lipinski definition) is 0. The van der Waals surface area contributed by atoms with Crippen molar-refractivity contribution in [1.82, 2.24) is 0 Å². The van der Waals surface area contributed by atoms with Crippen LogP contribution in [0.25, 0.3) is 6.08 Å². The fourth-order valence-corrected chi connectivity index (χ4v) is 1.86. The van der Waals surface area contributed by atoms with E-state index in [2.05, 4.69) is 0 Å². The van der Waals surface area contributed by atoms with E-state index in [-0.39, 0.29) is 5.78 Å². The Balaban J connectivity index is 2.05. The number of rotatable bonds is 7. The lowest BCUT2D eigenvalue weighted by molar-refractivity contribution is -0.307. The van der Waals surface area contributed by atoms with Gasteiger partial charge in [0, 0.05) is 5.56 Å². The van der Waals surface area contributed by atoms with Crippen molar-refractivity contribution in [1.29, 1.82) is 0 Å². The quantitative estimate of drug-likeness (QED) is 0.575. The van der Waals surface area contributed by atoms with Crippen molar-refractivity contribution in [2.75, 3.05) is 13.7 Å². The van der Waals surface area contributed by atoms with Gasteiger partial charge in [0.1, 0.15) is 18.1 Å². The van der Waals surface area contributed by atoms with E-state index >= 15 is 0 Å². The Morgan fingerprint density at radius 3 is 2.48 bits per heavy atom. The Labute approximate surface area is 133 Å². The summed E-state index contributed by atoms with van der Waals surface area (Å²) in [5.41, 5.74) is 1.27. The summed E-state index contributed by atoms with van der Waals surface area (Å²) in [7, 11) is 1.59. The highest BCUT2D eigenvalue weighted by Gasteiger charge is 2.04. The standard InChI is InChI=1S/C18H16O5/c1-22-15-8-5-13(6-9-15)7-10-17(19)14-3-2-4-16(11-14)23-12-18(20)21/h2-11H,12H2,1H3,(H,20,21)/p-1/b10-7+. The first kappa shape index (κ1) is 16.3. The van der Waals surface area contributed by atoms with Crippen LogP contribution in [-0.4, -0.2) is 25.5 Å². The number of ketones is 1. The summed E-state index contributed by atoms with van der Waals surface area (Å²) >= 11 is 0. The van der Waals surface area contributed by atoms with Gasteiger partial charge in [-0.15, -0.1) is 0 Å². The normalized spacial score (nSPS) is 10.5. The van der Waals surface area contributed by atoms with E-state index in [1.807, 2.05) is 12.1 Å². The minimum atomic E-state index is -1.32. The van der Waals surface area contributed by atoms with Gasteiger partial charge in [0.25, 0.3) is 0 Å². The molecule has 2 aromatic carbocycles. The predicted octanol–water partition coefficient (Wildman–Crippen LogP) is 1.72. The van der Waals surface area contributed by atoms with Gasteiger partial charge in [-0.3, -0.25) is 4.79 Å². The van der Waals surface area contributed by atoms with E-state index in [9.17, 15) is 14.7 Å². The fraction of sp³-hybridized carbons (Fsp3) is 0.111. The summed E-state index contributed by atoms with van der Waals surface area (Å²) in [4.78, 5) is 22.5. The second-order valence-corrected chi connectivity index (χ2v) is 4.66. The molecule has 23 heavy (non-hydrogen) atoms. The summed E-state index contributed by atoms with van der Waals surface area (Å²) in [6.07, 6.45) is 3.14. The van der Waals surface area contributed by atoms with Crippen molar-refractivity contribution in [2.45, 2.75) is 0 Å². The lowest BCUT2D eigenvalue weighted by atomic mass is 10.1. The first-order valence-electron chi connectivity index (χ1n) is 6.87. The van der Waals surface area contributed by atoms with Gasteiger partial charge in [-0.25, -0.2) is 0 Å². The summed E-state index contributed by atoms with van der Waals surface area (Å²) < 4.78 is 10.1. The van der Waals surface area contributed by atoms with E-state index in [1.54, 1.807) is 43.5 Å². The van der Waals surface area contributed by atoms with Crippen molar-refractivity contribution in [3.05, 3.63) is 65.7 Å². The molecule has 0 atom stereocenters. The summed E-state index contributed by atoms with van der Waals surface area (Å²) in [6.45, 7) is -0.556. The summed E-state index contributed by atoms with van der Waals surface area (Å²) in [5, 5.41) is 10.4. The molecule has 2 aromatic rings. The zero-order valence-electron chi connectivity index (χ0n) is 12.5. The van der Waals surface area contributed by atoms with Crippen LogP contribution in [0.15, 0.2) is 54.6 Å². The Kier molecular flexibility index (Phi) is 5.52. The number of aliphatic carboxylic acids is 1. The molecule has 0 spiro atoms. The summed E-state index contributed by atoms with van der Waals surface area (Å²) in [5.74, 6) is -0.481. The van der Waals surface area contributed by atoms with Crippen LogP contribution in [0.3, 0.4) is 0 Å². The molecule has 0 saturated carbocycles. The Bertz CT molecular complexity index is 716. The minimum absolute atomic E-state index is 0.209. The third kappa shape index (κ3) is 5.00. The number of carbonyl (C=O) groups is 2. The molecule has 118 valence electrons. The van der Waals surface area contributed by atoms with Crippen LogP contribution in [0.1, 0.15) is 15.9 Å². The molecule has 0 aliphatic rings. The van der Waals surface area contributed by atoms with E-state index in [1.165, 1.54) is 12.1 Å². The van der Waals surface area contributed by atoms with E-state index in [0.717, 1.165) is 11.3 Å². The number of methoxy groups -OCH3 is 1. The summed E-state index contributed by atoms with van der Waals surface area (Å²) in [6, 6.07) is 13.6. The van der Waals surface area contributed by atoms with Crippen LogP contribution in [0.2, 0.25) is 0 Å². The highest BCUT2D eigenvalue weighted by molar-refractivity contribution is 6.07. The smallest absolute Gasteiger partial charge is 0.185 e. The number of ether oxygens (including phenoxy) is 2. The van der Waals surface area contributed by atoms with Crippen molar-refractivity contribution < 1.29 is 24.2 Å². The maximum absolute atomic E-state index is 12.1. The zero-order chi connectivity index (χ0) is 16.7. The number of hydrogen-bond acceptors (Lipinski definition) is 5. The van der Waals surface area contributed by atoms with Gasteiger partial charge in [-0.2, -0.15) is 0 Å². The van der Waals surface area contributed by atoms with Crippen LogP contribution in [0.5, 0.6) is 11.5 Å². The molecule has 0 unspecified atom stereocenters. The predicted molar refractivity (Wildman–Crippen MR) is 83.3 cm³/mol. The minimum Gasteiger partial charge on any atom is -0.546 e. The second-order valence-electron chi connectivity index (χ2n) is 4.66. The third-order valence-corrected chi connectivity index (χ3v) is 3.02. The number of benzene rings is 2. The lowest BCUT2D eigenvalue weighted by Gasteiger charge is -2.07. The van der Waals surface area contributed by atoms with E-state index in [4.69, 9.17) is 9.47 Å². The molecule has 0 saturated heterocycles. The molecule has 0 fully saturated rings. The molecule has 0 aliphatic carbocycles. The molecule has 0 aromatic heterocycles. The van der Waals surface area contributed by atoms with Crippen molar-refractivity contribution in [2.24, 2.45) is 0 Å². The Morgan fingerprint density at radius 2 is 1.83 bits per heavy atom. The monoisotopic (exact) mass is 311 g/mol. The molecule has 0 radical (unpaired) electrons. The van der Waals surface area contributed by atoms with Crippen LogP contribution in [0, 0.1) is 0 Å². The van der Waals surface area contributed by atoms with Crippen LogP contribution >= 0.6 is 0 Å². The molecule has 0 amide bonds. The van der Waals surface area contributed by atoms with Crippen molar-refractivity contribution in [3.63, 3.8) is 0 Å². The average Bonchev–Trinajstić information content (AvgIpc) is 2.58. The molecular weight excluding hydrogens is 296 g/mol. The molecule has 0 aliphatic heterocycles. The lowest BCUT2D eigenvalue weighted by Crippen LogP contribution is -2.28. The van der Waals surface area contributed by atoms with Crippen molar-refractivity contribution >= 4 is 17.8 Å². The second kappa shape index (κ2) is 7.79. The molecule has 5 heteroatoms. The van der Waals surface area contributed by atoms with Crippen molar-refractivity contribution in [3.8, 4) is 11.5 Å². The van der Waals surface area contributed by atoms with Crippen LogP contribution in [-0.2, 0) is 4.79 Å². The number of carboxylic acid groups (broad SMARTS) is 1. The fourth-order valence-electron chi connectivity index (χ4n) is 1.86. The van der Waals surface area contributed by atoms with Gasteiger partial charge in [0.2, 0.25) is 0 Å². The largest absolute Gasteiger partial charge is 0.546 e. The highest BCUT2D eigenvalue weighted by atomic mass is 16.5. The van der Waals surface area contributed by atoms with E-state index in [0.29, 0.717) is 11.3 Å². The molecule has 0 heterocycles. The van der Waals surface area contributed by atoms with Gasteiger partial charge >= 0.3 is 0 Å². The maximum Gasteiger partial charge on any atom is 0.185 e. The van der Waals surface area contributed by atoms with Crippen LogP contribution in [0.4, 0.5) is 0 Å². The van der Waals surface area contributed by atoms with Gasteiger partial charge < -0.3 is 19.4 Å². The third-order valence-electron chi connectivity index (χ3n) is 3.02. The molecule has 0 bridgehead atoms. The van der Waals surface area contributed by atoms with E-state index < -0.39 is 12.6 Å². The van der Waals surface area contributed by atoms with Gasteiger partial charge in [0.15, 0.2) is 5.78 Å². The first-order chi connectivity index (χ1) is 11.1. The Hall–Kier alpha value is -3.08. The Morgan fingerprint density at radius 1 is 1.09 bits per heavy atom. The first-order valence-corrected chi connectivity index (χ1v) is 6.87. The van der Waals surface area contributed by atoms with Gasteiger partial charge in [-0.1, -0.05) is 30.3 Å². The zero-order valence-corrected chi connectivity index (χ0v) is 12.5. The molecular formula is C18H15O5-. The molecule has 2 rings (SSSR count). The highest BCUT2D eigenvalue weighted by Crippen LogP contribution is 2.16. The maximum atomic E-state index is 12.1. The number of carboxylic acids is 1. The average molecular weight is 311 g/mol. The molecule has 5 nitrogen and oxygen atoms in total. The van der Waals surface area contributed by atoms with Crippen LogP contribution < -0.4 is 14.6 Å². The number of allylic oxidation sites excluding steroid dienone is 1. The molecule has 0 N–H and O–H groups in total. The van der Waals surface area contributed by atoms with Gasteiger partial charge in [-0.05, 0) is 35.9 Å². The number of carbonyl (C=O) groups excluding carboxylic acids is 2. The SMILES string of the molecule is COc1ccc(/C=C/C(=O)c2cccc(OCC(=O)[O-])c2)cc1. The van der Waals surface area contributed by atoms with Gasteiger partial charge in [0.05, 0.1) is 13.1 Å². The topological polar surface area (TPSA) is 75.7 Å².